The molecule has 100 valence electrons. The van der Waals surface area contributed by atoms with Crippen LogP contribution in [0.15, 0.2) is 24.3 Å². The number of hydrogen-bond donors (Lipinski definition) is 1. The van der Waals surface area contributed by atoms with Crippen molar-refractivity contribution in [2.24, 2.45) is 7.05 Å². The zero-order chi connectivity index (χ0) is 14.0. The second kappa shape index (κ2) is 5.26. The Morgan fingerprint density at radius 3 is 2.63 bits per heavy atom. The first-order chi connectivity index (χ1) is 9.07. The molecule has 0 saturated carbocycles. The lowest BCUT2D eigenvalue weighted by Crippen LogP contribution is -2.31. The Balaban J connectivity index is 2.48. The van der Waals surface area contributed by atoms with Crippen molar-refractivity contribution in [1.29, 1.82) is 0 Å². The number of rotatable bonds is 4. The van der Waals surface area contributed by atoms with Gasteiger partial charge in [-0.1, -0.05) is 25.1 Å². The molecule has 1 aromatic heterocycles. The van der Waals surface area contributed by atoms with E-state index in [9.17, 15) is 9.59 Å². The van der Waals surface area contributed by atoms with Crippen molar-refractivity contribution in [2.45, 2.75) is 20.3 Å². The summed E-state index contributed by atoms with van der Waals surface area (Å²) in [4.78, 5) is 24.1. The lowest BCUT2D eigenvalue weighted by molar-refractivity contribution is -0.116. The molecule has 2 aromatic rings. The van der Waals surface area contributed by atoms with Crippen molar-refractivity contribution in [3.63, 3.8) is 0 Å². The van der Waals surface area contributed by atoms with Crippen LogP contribution in [-0.2, 0) is 11.8 Å². The number of carbonyl (C=O) groups is 2. The number of ketones is 1. The molecule has 0 atom stereocenters. The first-order valence-electron chi connectivity index (χ1n) is 6.44. The largest absolute Gasteiger partial charge is 0.349 e. The highest BCUT2D eigenvalue weighted by molar-refractivity contribution is 6.45. The molecule has 1 aromatic carbocycles. The topological polar surface area (TPSA) is 51.1 Å². The standard InChI is InChI=1S/C15H18N2O2/c1-4-9-16-15(19)14(18)13-10(2)17(3)12-8-6-5-7-11(12)13/h5-8H,4,9H2,1-3H3,(H,16,19). The summed E-state index contributed by atoms with van der Waals surface area (Å²) in [5.41, 5.74) is 2.29. The Bertz CT molecular complexity index is 641. The fourth-order valence-electron chi connectivity index (χ4n) is 2.24. The summed E-state index contributed by atoms with van der Waals surface area (Å²) < 4.78 is 1.94. The summed E-state index contributed by atoms with van der Waals surface area (Å²) in [7, 11) is 1.90. The van der Waals surface area contributed by atoms with Gasteiger partial charge < -0.3 is 9.88 Å². The monoisotopic (exact) mass is 258 g/mol. The van der Waals surface area contributed by atoms with Gasteiger partial charge in [0.25, 0.3) is 11.7 Å². The quantitative estimate of drug-likeness (QED) is 0.675. The SMILES string of the molecule is CCCNC(=O)C(=O)c1c(C)n(C)c2ccccc12. The predicted molar refractivity (Wildman–Crippen MR) is 75.3 cm³/mol. The highest BCUT2D eigenvalue weighted by Crippen LogP contribution is 2.25. The van der Waals surface area contributed by atoms with Gasteiger partial charge in [-0.25, -0.2) is 0 Å². The molecule has 0 aliphatic heterocycles. The highest BCUT2D eigenvalue weighted by atomic mass is 16.2. The summed E-state index contributed by atoms with van der Waals surface area (Å²) in [6.45, 7) is 4.34. The molecule has 4 heteroatoms. The second-order valence-corrected chi connectivity index (χ2v) is 4.62. The van der Waals surface area contributed by atoms with E-state index in [0.29, 0.717) is 12.1 Å². The normalized spacial score (nSPS) is 10.7. The van der Waals surface area contributed by atoms with Crippen molar-refractivity contribution in [1.82, 2.24) is 9.88 Å². The number of aryl methyl sites for hydroxylation is 1. The van der Waals surface area contributed by atoms with E-state index in [-0.39, 0.29) is 0 Å². The van der Waals surface area contributed by atoms with Crippen molar-refractivity contribution in [3.05, 3.63) is 35.5 Å². The molecule has 1 N–H and O–H groups in total. The number of hydrogen-bond acceptors (Lipinski definition) is 2. The predicted octanol–water partition coefficient (Wildman–Crippen LogP) is 2.20. The summed E-state index contributed by atoms with van der Waals surface area (Å²) in [5, 5.41) is 3.47. The van der Waals surface area contributed by atoms with Crippen LogP contribution >= 0.6 is 0 Å². The Morgan fingerprint density at radius 1 is 1.26 bits per heavy atom. The molecule has 0 spiro atoms. The number of benzene rings is 1. The van der Waals surface area contributed by atoms with Crippen molar-refractivity contribution < 1.29 is 9.59 Å². The fourth-order valence-corrected chi connectivity index (χ4v) is 2.24. The minimum Gasteiger partial charge on any atom is -0.349 e. The zero-order valence-corrected chi connectivity index (χ0v) is 11.5. The van der Waals surface area contributed by atoms with Crippen molar-refractivity contribution >= 4 is 22.6 Å². The first-order valence-corrected chi connectivity index (χ1v) is 6.44. The zero-order valence-electron chi connectivity index (χ0n) is 11.5. The first kappa shape index (κ1) is 13.3. The summed E-state index contributed by atoms with van der Waals surface area (Å²) in [6.07, 6.45) is 0.813. The van der Waals surface area contributed by atoms with E-state index in [0.717, 1.165) is 23.0 Å². The van der Waals surface area contributed by atoms with Crippen LogP contribution in [0.25, 0.3) is 10.9 Å². The Labute approximate surface area is 112 Å². The van der Waals surface area contributed by atoms with Crippen LogP contribution < -0.4 is 5.32 Å². The summed E-state index contributed by atoms with van der Waals surface area (Å²) in [6, 6.07) is 7.63. The summed E-state index contributed by atoms with van der Waals surface area (Å²) in [5.74, 6) is -0.982. The number of aromatic nitrogens is 1. The lowest BCUT2D eigenvalue weighted by atomic mass is 10.1. The van der Waals surface area contributed by atoms with Crippen LogP contribution in [0.4, 0.5) is 0 Å². The third-order valence-electron chi connectivity index (χ3n) is 3.37. The Kier molecular flexibility index (Phi) is 3.69. The Morgan fingerprint density at radius 2 is 1.95 bits per heavy atom. The van der Waals surface area contributed by atoms with Gasteiger partial charge in [-0.05, 0) is 19.4 Å². The van der Waals surface area contributed by atoms with Crippen molar-refractivity contribution in [3.8, 4) is 0 Å². The third-order valence-corrected chi connectivity index (χ3v) is 3.37. The van der Waals surface area contributed by atoms with E-state index < -0.39 is 11.7 Å². The molecule has 2 rings (SSSR count). The number of nitrogens with zero attached hydrogens (tertiary/aromatic N) is 1. The maximum atomic E-state index is 12.3. The van der Waals surface area contributed by atoms with Crippen LogP contribution in [0.5, 0.6) is 0 Å². The number of Topliss-reactive ketones (excluding diaryl/α,β-unsaturated/α-hetero) is 1. The average Bonchev–Trinajstić information content (AvgIpc) is 2.68. The molecule has 0 saturated heterocycles. The maximum Gasteiger partial charge on any atom is 0.292 e. The minimum atomic E-state index is -0.527. The van der Waals surface area contributed by atoms with E-state index in [1.54, 1.807) is 0 Å². The van der Waals surface area contributed by atoms with Crippen LogP contribution in [0.2, 0.25) is 0 Å². The number of para-hydroxylation sites is 1. The van der Waals surface area contributed by atoms with Gasteiger partial charge in [-0.3, -0.25) is 9.59 Å². The number of nitrogens with one attached hydrogen (secondary N) is 1. The summed E-state index contributed by atoms with van der Waals surface area (Å²) >= 11 is 0. The van der Waals surface area contributed by atoms with E-state index in [1.807, 2.05) is 49.7 Å². The van der Waals surface area contributed by atoms with E-state index >= 15 is 0 Å². The van der Waals surface area contributed by atoms with Crippen molar-refractivity contribution in [2.75, 3.05) is 6.54 Å². The van der Waals surface area contributed by atoms with Gasteiger partial charge in [-0.2, -0.15) is 0 Å². The third kappa shape index (κ3) is 2.26. The Hall–Kier alpha value is -2.10. The number of fused-ring (bicyclic) bond motifs is 1. The lowest BCUT2D eigenvalue weighted by Gasteiger charge is -2.03. The van der Waals surface area contributed by atoms with Gasteiger partial charge in [0.1, 0.15) is 0 Å². The maximum absolute atomic E-state index is 12.3. The van der Waals surface area contributed by atoms with Gasteiger partial charge in [0.2, 0.25) is 0 Å². The van der Waals surface area contributed by atoms with E-state index in [2.05, 4.69) is 5.32 Å². The fraction of sp³-hybridized carbons (Fsp3) is 0.333. The van der Waals surface area contributed by atoms with Crippen LogP contribution in [0, 0.1) is 6.92 Å². The van der Waals surface area contributed by atoms with Gasteiger partial charge in [0, 0.05) is 30.2 Å². The molecule has 0 fully saturated rings. The molecule has 0 bridgehead atoms. The van der Waals surface area contributed by atoms with Crippen LogP contribution in [0.1, 0.15) is 29.4 Å². The average molecular weight is 258 g/mol. The molecule has 19 heavy (non-hydrogen) atoms. The molecule has 4 nitrogen and oxygen atoms in total. The highest BCUT2D eigenvalue weighted by Gasteiger charge is 2.23. The molecule has 1 amide bonds. The van der Waals surface area contributed by atoms with Gasteiger partial charge >= 0.3 is 0 Å². The smallest absolute Gasteiger partial charge is 0.292 e. The number of amides is 1. The molecular formula is C15H18N2O2. The van der Waals surface area contributed by atoms with Gasteiger partial charge in [0.15, 0.2) is 0 Å². The van der Waals surface area contributed by atoms with E-state index in [1.165, 1.54) is 0 Å². The van der Waals surface area contributed by atoms with Gasteiger partial charge in [-0.15, -0.1) is 0 Å². The van der Waals surface area contributed by atoms with Crippen LogP contribution in [-0.4, -0.2) is 22.8 Å². The van der Waals surface area contributed by atoms with Crippen LogP contribution in [0.3, 0.4) is 0 Å². The van der Waals surface area contributed by atoms with E-state index in [4.69, 9.17) is 0 Å². The number of carbonyl (C=O) groups excluding carboxylic acids is 2. The molecule has 0 aliphatic rings. The molecule has 0 radical (unpaired) electrons. The molecule has 1 heterocycles. The van der Waals surface area contributed by atoms with Gasteiger partial charge in [0.05, 0.1) is 5.56 Å². The minimum absolute atomic E-state index is 0.456. The second-order valence-electron chi connectivity index (χ2n) is 4.62. The molecule has 0 unspecified atom stereocenters. The molecular weight excluding hydrogens is 240 g/mol. The molecule has 0 aliphatic carbocycles.